The maximum atomic E-state index is 5.92. The van der Waals surface area contributed by atoms with Crippen LogP contribution in [-0.4, -0.2) is 40.8 Å². The molecule has 3 heterocycles. The molecule has 0 aliphatic carbocycles. The second kappa shape index (κ2) is 6.91. The Kier molecular flexibility index (Phi) is 4.72. The molecule has 1 aliphatic heterocycles. The number of rotatable bonds is 6. The van der Waals surface area contributed by atoms with E-state index in [0.717, 1.165) is 57.2 Å². The third-order valence-corrected chi connectivity index (χ3v) is 4.02. The monoisotopic (exact) mass is 289 g/mol. The first-order valence-corrected chi connectivity index (χ1v) is 7.73. The Balaban J connectivity index is 1.58. The van der Waals surface area contributed by atoms with Gasteiger partial charge in [-0.25, -0.2) is 4.98 Å². The van der Waals surface area contributed by atoms with E-state index in [4.69, 9.17) is 9.15 Å². The van der Waals surface area contributed by atoms with Gasteiger partial charge in [-0.15, -0.1) is 0 Å². The lowest BCUT2D eigenvalue weighted by atomic mass is 10.1. The van der Waals surface area contributed by atoms with Crippen molar-refractivity contribution in [2.24, 2.45) is 0 Å². The highest BCUT2D eigenvalue weighted by atomic mass is 16.5. The molecule has 0 bridgehead atoms. The van der Waals surface area contributed by atoms with E-state index in [9.17, 15) is 0 Å². The second-order valence-electron chi connectivity index (χ2n) is 5.44. The third-order valence-electron chi connectivity index (χ3n) is 4.02. The van der Waals surface area contributed by atoms with Crippen LogP contribution in [0.25, 0.3) is 0 Å². The molecule has 114 valence electrons. The summed E-state index contributed by atoms with van der Waals surface area (Å²) >= 11 is 0. The largest absolute Gasteiger partial charge is 0.464 e. The fourth-order valence-corrected chi connectivity index (χ4v) is 2.81. The molecule has 1 fully saturated rings. The third kappa shape index (κ3) is 3.54. The van der Waals surface area contributed by atoms with Crippen LogP contribution in [0, 0.1) is 0 Å². The number of hydrogen-bond acceptors (Lipinski definition) is 4. The van der Waals surface area contributed by atoms with E-state index in [-0.39, 0.29) is 6.04 Å². The van der Waals surface area contributed by atoms with Crippen molar-refractivity contribution < 1.29 is 9.15 Å². The molecular formula is C16H23N3O2. The first kappa shape index (κ1) is 14.4. The van der Waals surface area contributed by atoms with Crippen LogP contribution >= 0.6 is 0 Å². The van der Waals surface area contributed by atoms with Crippen molar-refractivity contribution in [2.75, 3.05) is 26.3 Å². The molecule has 2 aromatic heterocycles. The van der Waals surface area contributed by atoms with Crippen LogP contribution in [-0.2, 0) is 17.7 Å². The van der Waals surface area contributed by atoms with Crippen molar-refractivity contribution >= 4 is 0 Å². The van der Waals surface area contributed by atoms with E-state index in [1.165, 1.54) is 0 Å². The summed E-state index contributed by atoms with van der Waals surface area (Å²) in [6.07, 6.45) is 7.75. The molecule has 0 N–H and O–H groups in total. The molecule has 5 nitrogen and oxygen atoms in total. The molecule has 3 rings (SSSR count). The summed E-state index contributed by atoms with van der Waals surface area (Å²) in [4.78, 5) is 6.55. The van der Waals surface area contributed by atoms with Crippen molar-refractivity contribution in [3.8, 4) is 0 Å². The fraction of sp³-hybridized carbons (Fsp3) is 0.562. The Hall–Kier alpha value is -1.59. The van der Waals surface area contributed by atoms with E-state index in [2.05, 4.69) is 33.5 Å². The van der Waals surface area contributed by atoms with Gasteiger partial charge in [0.2, 0.25) is 0 Å². The Bertz CT molecular complexity index is 535. The lowest BCUT2D eigenvalue weighted by Gasteiger charge is -2.34. The summed E-state index contributed by atoms with van der Waals surface area (Å²) in [5, 5.41) is 0. The van der Waals surface area contributed by atoms with Crippen molar-refractivity contribution in [3.05, 3.63) is 42.4 Å². The van der Waals surface area contributed by atoms with Gasteiger partial charge in [0.25, 0.3) is 0 Å². The minimum absolute atomic E-state index is 0.252. The molecule has 0 aromatic carbocycles. The second-order valence-corrected chi connectivity index (χ2v) is 5.44. The number of ether oxygens (including phenoxy) is 1. The van der Waals surface area contributed by atoms with Crippen molar-refractivity contribution in [3.63, 3.8) is 0 Å². The average Bonchev–Trinajstić information content (AvgIpc) is 3.19. The number of hydrogen-bond donors (Lipinski definition) is 0. The number of furan rings is 1. The zero-order valence-electron chi connectivity index (χ0n) is 12.6. The quantitative estimate of drug-likeness (QED) is 0.819. The van der Waals surface area contributed by atoms with E-state index >= 15 is 0 Å². The molecule has 0 radical (unpaired) electrons. The van der Waals surface area contributed by atoms with Crippen LogP contribution in [0.15, 0.2) is 35.3 Å². The fourth-order valence-electron chi connectivity index (χ4n) is 2.81. The maximum absolute atomic E-state index is 5.92. The Labute approximate surface area is 125 Å². The first-order chi connectivity index (χ1) is 10.4. The molecular weight excluding hydrogens is 266 g/mol. The van der Waals surface area contributed by atoms with Crippen LogP contribution in [0.1, 0.15) is 30.9 Å². The molecule has 1 aliphatic rings. The zero-order chi connectivity index (χ0) is 14.5. The Morgan fingerprint density at radius 1 is 1.33 bits per heavy atom. The average molecular weight is 289 g/mol. The lowest BCUT2D eigenvalue weighted by molar-refractivity contribution is -0.0172. The predicted octanol–water partition coefficient (Wildman–Crippen LogP) is 2.50. The highest BCUT2D eigenvalue weighted by Gasteiger charge is 2.26. The normalized spacial score (nSPS) is 20.0. The van der Waals surface area contributed by atoms with Gasteiger partial charge in [-0.1, -0.05) is 6.92 Å². The van der Waals surface area contributed by atoms with Gasteiger partial charge in [0.15, 0.2) is 0 Å². The molecule has 0 spiro atoms. The van der Waals surface area contributed by atoms with Crippen molar-refractivity contribution in [1.29, 1.82) is 0 Å². The van der Waals surface area contributed by atoms with Gasteiger partial charge >= 0.3 is 0 Å². The first-order valence-electron chi connectivity index (χ1n) is 7.73. The van der Waals surface area contributed by atoms with E-state index in [1.54, 1.807) is 0 Å². The molecule has 1 atom stereocenters. The van der Waals surface area contributed by atoms with Gasteiger partial charge in [-0.2, -0.15) is 0 Å². The smallest absolute Gasteiger partial charge is 0.123 e. The van der Waals surface area contributed by atoms with Gasteiger partial charge in [-0.3, -0.25) is 4.90 Å². The van der Waals surface area contributed by atoms with Crippen molar-refractivity contribution in [2.45, 2.75) is 32.4 Å². The summed E-state index contributed by atoms with van der Waals surface area (Å²) < 4.78 is 13.7. The van der Waals surface area contributed by atoms with Crippen LogP contribution < -0.4 is 0 Å². The summed E-state index contributed by atoms with van der Waals surface area (Å²) in [6.45, 7) is 6.67. The van der Waals surface area contributed by atoms with Gasteiger partial charge in [0.05, 0.1) is 25.6 Å². The number of imidazole rings is 1. The predicted molar refractivity (Wildman–Crippen MR) is 80.1 cm³/mol. The molecule has 21 heavy (non-hydrogen) atoms. The van der Waals surface area contributed by atoms with Crippen LogP contribution in [0.5, 0.6) is 0 Å². The number of nitrogens with zero attached hydrogens (tertiary/aromatic N) is 3. The van der Waals surface area contributed by atoms with Gasteiger partial charge in [0, 0.05) is 38.4 Å². The number of aromatic nitrogens is 2. The summed E-state index contributed by atoms with van der Waals surface area (Å²) in [5.74, 6) is 2.09. The Morgan fingerprint density at radius 2 is 2.29 bits per heavy atom. The van der Waals surface area contributed by atoms with Crippen molar-refractivity contribution in [1.82, 2.24) is 14.5 Å². The zero-order valence-corrected chi connectivity index (χ0v) is 12.6. The molecule has 0 unspecified atom stereocenters. The topological polar surface area (TPSA) is 43.4 Å². The highest BCUT2D eigenvalue weighted by Crippen LogP contribution is 2.26. The number of morpholine rings is 1. The SMILES string of the molecule is CCc1ccc([C@@H]2COCCN2CCCn2ccnc2)o1. The highest BCUT2D eigenvalue weighted by molar-refractivity contribution is 5.11. The van der Waals surface area contributed by atoms with Crippen LogP contribution in [0.4, 0.5) is 0 Å². The minimum atomic E-state index is 0.252. The standard InChI is InChI=1S/C16H23N3O2/c1-2-14-4-5-16(21-14)15-12-20-11-10-19(15)8-3-7-18-9-6-17-13-18/h4-6,9,13,15H,2-3,7-8,10-12H2,1H3/t15-/m0/s1. The molecule has 0 amide bonds. The van der Waals surface area contributed by atoms with Crippen LogP contribution in [0.2, 0.25) is 0 Å². The molecule has 2 aromatic rings. The minimum Gasteiger partial charge on any atom is -0.464 e. The van der Waals surface area contributed by atoms with Gasteiger partial charge < -0.3 is 13.7 Å². The summed E-state index contributed by atoms with van der Waals surface area (Å²) in [6, 6.07) is 4.43. The molecule has 1 saturated heterocycles. The lowest BCUT2D eigenvalue weighted by Crippen LogP contribution is -2.40. The van der Waals surface area contributed by atoms with E-state index in [0.29, 0.717) is 0 Å². The van der Waals surface area contributed by atoms with Gasteiger partial charge in [0.1, 0.15) is 11.5 Å². The maximum Gasteiger partial charge on any atom is 0.123 e. The summed E-state index contributed by atoms with van der Waals surface area (Å²) in [5.41, 5.74) is 0. The van der Waals surface area contributed by atoms with E-state index in [1.807, 2.05) is 18.7 Å². The number of aryl methyl sites for hydroxylation is 2. The molecule has 5 heteroatoms. The van der Waals surface area contributed by atoms with E-state index < -0.39 is 0 Å². The van der Waals surface area contributed by atoms with Gasteiger partial charge in [-0.05, 0) is 18.6 Å². The Morgan fingerprint density at radius 3 is 3.05 bits per heavy atom. The summed E-state index contributed by atoms with van der Waals surface area (Å²) in [7, 11) is 0. The molecule has 0 saturated carbocycles. The van der Waals surface area contributed by atoms with Crippen LogP contribution in [0.3, 0.4) is 0 Å².